The quantitative estimate of drug-likeness (QED) is 0.322. The topological polar surface area (TPSA) is 100 Å². The predicted octanol–water partition coefficient (Wildman–Crippen LogP) is -3.52. The summed E-state index contributed by atoms with van der Waals surface area (Å²) < 4.78 is 0. The molecule has 10 heavy (non-hydrogen) atoms. The fourth-order valence-corrected chi connectivity index (χ4v) is 0. The molecule has 0 heterocycles. The van der Waals surface area contributed by atoms with Gasteiger partial charge in [0, 0.05) is 6.61 Å². The van der Waals surface area contributed by atoms with Crippen LogP contribution in [0, 0.1) is 0 Å². The van der Waals surface area contributed by atoms with E-state index in [1.54, 1.807) is 6.92 Å². The Morgan fingerprint density at radius 2 is 1.40 bits per heavy atom. The van der Waals surface area contributed by atoms with E-state index in [0.29, 0.717) is 0 Å². The first-order valence-electron chi connectivity index (χ1n) is 2.09. The fraction of sp³-hybridized carbons (Fsp3) is 0.500. The van der Waals surface area contributed by atoms with Crippen LogP contribution in [0.5, 0.6) is 0 Å². The molecule has 0 bridgehead atoms. The van der Waals surface area contributed by atoms with Crippen molar-refractivity contribution in [1.82, 2.24) is 0 Å². The van der Waals surface area contributed by atoms with Gasteiger partial charge in [-0.15, -0.1) is 0 Å². The molecule has 0 aromatic carbocycles. The number of aliphatic hydroxyl groups is 1. The maximum atomic E-state index is 8.93. The summed E-state index contributed by atoms with van der Waals surface area (Å²) in [5, 5.41) is 25.4. The van der Waals surface area contributed by atoms with Crippen molar-refractivity contribution >= 4 is 11.9 Å². The van der Waals surface area contributed by atoms with Gasteiger partial charge in [0.2, 0.25) is 0 Å². The molecule has 54 valence electrons. The molecule has 0 aliphatic carbocycles. The van der Waals surface area contributed by atoms with Gasteiger partial charge >= 0.3 is 19.5 Å². The number of hydrogen-bond donors (Lipinski definition) is 1. The Hall–Kier alpha value is -0.477. The third-order valence-corrected chi connectivity index (χ3v) is 0.167. The zero-order chi connectivity index (χ0) is 7.86. The van der Waals surface area contributed by atoms with Crippen molar-refractivity contribution in [2.45, 2.75) is 6.92 Å². The minimum absolute atomic E-state index is 0. The van der Waals surface area contributed by atoms with E-state index in [1.165, 1.54) is 0 Å². The van der Waals surface area contributed by atoms with Crippen molar-refractivity contribution in [3.05, 3.63) is 0 Å². The molecule has 1 N–H and O–H groups in total. The van der Waals surface area contributed by atoms with Gasteiger partial charge in [-0.25, -0.2) is 0 Å². The number of hydrogen-bond acceptors (Lipinski definition) is 5. The van der Waals surface area contributed by atoms with Gasteiger partial charge in [-0.1, -0.05) is 0 Å². The molecule has 0 saturated heterocycles. The normalized spacial score (nSPS) is 6.20. The van der Waals surface area contributed by atoms with Crippen LogP contribution in [0.2, 0.25) is 0 Å². The van der Waals surface area contributed by atoms with Crippen LogP contribution in [0.3, 0.4) is 0 Å². The minimum atomic E-state index is -2.19. The molecular weight excluding hydrogens is 193 g/mol. The second kappa shape index (κ2) is 11.3. The van der Waals surface area contributed by atoms with Crippen LogP contribution in [0.4, 0.5) is 0 Å². The first kappa shape index (κ1) is 16.3. The molecule has 0 atom stereocenters. The molecule has 0 fully saturated rings. The second-order valence-electron chi connectivity index (χ2n) is 0.891. The molecule has 0 amide bonds. The van der Waals surface area contributed by atoms with E-state index in [2.05, 4.69) is 0 Å². The SMILES string of the molecule is CCO.O=C([O-])C(=O)[O-].[Zn+2]. The van der Waals surface area contributed by atoms with Gasteiger partial charge in [-0.05, 0) is 6.92 Å². The molecule has 0 spiro atoms. The summed E-state index contributed by atoms with van der Waals surface area (Å²) in [5.74, 6) is -4.37. The van der Waals surface area contributed by atoms with Gasteiger partial charge in [0.25, 0.3) is 0 Å². The third-order valence-electron chi connectivity index (χ3n) is 0.167. The Kier molecular flexibility index (Phi) is 18.4. The molecule has 0 saturated carbocycles. The Morgan fingerprint density at radius 3 is 1.40 bits per heavy atom. The van der Waals surface area contributed by atoms with Crippen molar-refractivity contribution in [2.24, 2.45) is 0 Å². The van der Waals surface area contributed by atoms with E-state index in [-0.39, 0.29) is 26.1 Å². The molecule has 0 rings (SSSR count). The fourth-order valence-electron chi connectivity index (χ4n) is 0. The van der Waals surface area contributed by atoms with Crippen molar-refractivity contribution in [2.75, 3.05) is 6.61 Å². The third kappa shape index (κ3) is 25.8. The maximum absolute atomic E-state index is 8.93. The molecule has 0 unspecified atom stereocenters. The number of carbonyl (C=O) groups excluding carboxylic acids is 2. The van der Waals surface area contributed by atoms with Crippen molar-refractivity contribution in [1.29, 1.82) is 0 Å². The zero-order valence-electron chi connectivity index (χ0n) is 5.49. The van der Waals surface area contributed by atoms with E-state index >= 15 is 0 Å². The van der Waals surface area contributed by atoms with Gasteiger partial charge in [-0.2, -0.15) is 0 Å². The summed E-state index contributed by atoms with van der Waals surface area (Å²) in [7, 11) is 0. The first-order chi connectivity index (χ1) is 4.06. The largest absolute Gasteiger partial charge is 2.00 e. The van der Waals surface area contributed by atoms with Crippen molar-refractivity contribution in [3.63, 3.8) is 0 Å². The van der Waals surface area contributed by atoms with Crippen LogP contribution >= 0.6 is 0 Å². The first-order valence-corrected chi connectivity index (χ1v) is 2.09. The number of aliphatic hydroxyl groups excluding tert-OH is 1. The van der Waals surface area contributed by atoms with Crippen molar-refractivity contribution < 1.29 is 44.4 Å². The summed E-state index contributed by atoms with van der Waals surface area (Å²) in [5.41, 5.74) is 0. The number of aliphatic carboxylic acids is 2. The maximum Gasteiger partial charge on any atom is 2.00 e. The van der Waals surface area contributed by atoms with Crippen LogP contribution in [0.25, 0.3) is 0 Å². The van der Waals surface area contributed by atoms with E-state index in [0.717, 1.165) is 0 Å². The number of carbonyl (C=O) groups is 2. The Morgan fingerprint density at radius 1 is 1.30 bits per heavy atom. The Bertz CT molecular complexity index is 89.8. The van der Waals surface area contributed by atoms with Gasteiger partial charge in [0.15, 0.2) is 0 Å². The van der Waals surface area contributed by atoms with E-state index < -0.39 is 11.9 Å². The van der Waals surface area contributed by atoms with Gasteiger partial charge < -0.3 is 24.9 Å². The second-order valence-corrected chi connectivity index (χ2v) is 0.891. The van der Waals surface area contributed by atoms with Crippen LogP contribution in [-0.2, 0) is 29.1 Å². The number of carboxylic acids is 2. The van der Waals surface area contributed by atoms with Crippen LogP contribution in [0.1, 0.15) is 6.92 Å². The van der Waals surface area contributed by atoms with E-state index in [4.69, 9.17) is 24.9 Å². The van der Waals surface area contributed by atoms with E-state index in [9.17, 15) is 0 Å². The summed E-state index contributed by atoms with van der Waals surface area (Å²) in [6.45, 7) is 1.93. The van der Waals surface area contributed by atoms with Crippen LogP contribution in [0.15, 0.2) is 0 Å². The molecular formula is C4H6O5Zn. The standard InChI is InChI=1S/C2H2O4.C2H6O.Zn/c3-1(4)2(5)6;1-2-3;/h(H,3,4)(H,5,6);3H,2H2,1H3;/q;;+2/p-2. The van der Waals surface area contributed by atoms with Gasteiger partial charge in [-0.3, -0.25) is 0 Å². The molecule has 0 aromatic rings. The molecule has 0 aromatic heterocycles. The van der Waals surface area contributed by atoms with Crippen LogP contribution < -0.4 is 10.2 Å². The average molecular weight is 199 g/mol. The minimum Gasteiger partial charge on any atom is -0.543 e. The molecule has 0 aliphatic rings. The summed E-state index contributed by atoms with van der Waals surface area (Å²) >= 11 is 0. The number of rotatable bonds is 0. The van der Waals surface area contributed by atoms with Gasteiger partial charge in [0.05, 0.1) is 11.9 Å². The van der Waals surface area contributed by atoms with Gasteiger partial charge in [0.1, 0.15) is 0 Å². The average Bonchev–Trinajstić information content (AvgIpc) is 1.68. The molecule has 5 nitrogen and oxygen atoms in total. The monoisotopic (exact) mass is 198 g/mol. The molecule has 6 heteroatoms. The molecule has 0 radical (unpaired) electrons. The zero-order valence-corrected chi connectivity index (χ0v) is 8.46. The summed E-state index contributed by atoms with van der Waals surface area (Å²) in [6.07, 6.45) is 0. The smallest absolute Gasteiger partial charge is 0.543 e. The van der Waals surface area contributed by atoms with Crippen molar-refractivity contribution in [3.8, 4) is 0 Å². The molecule has 0 aliphatic heterocycles. The van der Waals surface area contributed by atoms with Crippen LogP contribution in [-0.4, -0.2) is 23.7 Å². The van der Waals surface area contributed by atoms with E-state index in [1.807, 2.05) is 0 Å². The Balaban J connectivity index is -0.000000107. The summed E-state index contributed by atoms with van der Waals surface area (Å²) in [4.78, 5) is 17.9. The Labute approximate surface area is 70.4 Å². The summed E-state index contributed by atoms with van der Waals surface area (Å²) in [6, 6.07) is 0. The predicted molar refractivity (Wildman–Crippen MR) is 22.8 cm³/mol. The number of carboxylic acid groups (broad SMARTS) is 2.